The number of hydrogen-bond acceptors (Lipinski definition) is 4. The monoisotopic (exact) mass is 404 g/mol. The van der Waals surface area contributed by atoms with Crippen molar-refractivity contribution in [2.45, 2.75) is 44.4 Å². The quantitative estimate of drug-likeness (QED) is 0.528. The van der Waals surface area contributed by atoms with E-state index in [1.165, 1.54) is 5.56 Å². The summed E-state index contributed by atoms with van der Waals surface area (Å²) in [7, 11) is 0. The molecule has 0 radical (unpaired) electrons. The molecule has 0 aliphatic heterocycles. The normalized spacial score (nSPS) is 12.7. The van der Waals surface area contributed by atoms with Gasteiger partial charge in [0.25, 0.3) is 0 Å². The minimum absolute atomic E-state index is 0.141. The van der Waals surface area contributed by atoms with Crippen molar-refractivity contribution in [2.75, 3.05) is 0 Å². The first-order valence-corrected chi connectivity index (χ1v) is 10.3. The third-order valence-electron chi connectivity index (χ3n) is 4.97. The summed E-state index contributed by atoms with van der Waals surface area (Å²) in [6, 6.07) is 23.3. The second-order valence-corrected chi connectivity index (χ2v) is 7.32. The molecule has 156 valence electrons. The molecule has 0 aliphatic carbocycles. The molecule has 0 bridgehead atoms. The molecule has 2 N–H and O–H groups in total. The number of aliphatic hydroxyl groups excluding tert-OH is 1. The van der Waals surface area contributed by atoms with E-state index in [2.05, 4.69) is 22.4 Å². The minimum atomic E-state index is -0.667. The van der Waals surface area contributed by atoms with Crippen LogP contribution in [-0.2, 0) is 24.2 Å². The van der Waals surface area contributed by atoms with E-state index in [0.29, 0.717) is 12.8 Å². The Balaban J connectivity index is 1.55. The molecule has 0 spiro atoms. The molecule has 3 rings (SSSR count). The van der Waals surface area contributed by atoms with Gasteiger partial charge in [-0.05, 0) is 42.9 Å². The Morgan fingerprint density at radius 1 is 0.933 bits per heavy atom. The molecule has 3 aromatic rings. The molecule has 1 aromatic heterocycles. The zero-order valence-electron chi connectivity index (χ0n) is 17.0. The number of ether oxygens (including phenoxy) is 1. The van der Waals surface area contributed by atoms with Gasteiger partial charge in [0, 0.05) is 18.0 Å². The van der Waals surface area contributed by atoms with Gasteiger partial charge in [-0.15, -0.1) is 0 Å². The van der Waals surface area contributed by atoms with Crippen molar-refractivity contribution in [3.8, 4) is 0 Å². The van der Waals surface area contributed by atoms with E-state index < -0.39 is 18.2 Å². The lowest BCUT2D eigenvalue weighted by Gasteiger charge is -2.24. The average molecular weight is 405 g/mol. The first kappa shape index (κ1) is 21.5. The van der Waals surface area contributed by atoms with Crippen LogP contribution in [0.4, 0.5) is 4.79 Å². The largest absolute Gasteiger partial charge is 0.445 e. The molecule has 0 aliphatic rings. The van der Waals surface area contributed by atoms with Crippen LogP contribution in [0.3, 0.4) is 0 Å². The molecule has 0 fully saturated rings. The van der Waals surface area contributed by atoms with Crippen LogP contribution in [0, 0.1) is 0 Å². The van der Waals surface area contributed by atoms with Crippen molar-refractivity contribution < 1.29 is 14.6 Å². The summed E-state index contributed by atoms with van der Waals surface area (Å²) in [6.45, 7) is 0.141. The molecule has 5 heteroatoms. The predicted molar refractivity (Wildman–Crippen MR) is 117 cm³/mol. The molecule has 30 heavy (non-hydrogen) atoms. The maximum absolute atomic E-state index is 12.4. The standard InChI is InChI=1S/C25H28N2O3/c28-24(15-7-13-20-9-3-1-4-10-20)23(17-21-11-5-2-6-12-21)27-25(29)30-19-22-14-8-16-26-18-22/h1-6,8-12,14,16,18,23-24,28H,7,13,15,17,19H2,(H,27,29). The number of carbonyl (C=O) groups is 1. The maximum Gasteiger partial charge on any atom is 0.407 e. The summed E-state index contributed by atoms with van der Waals surface area (Å²) in [4.78, 5) is 16.4. The van der Waals surface area contributed by atoms with Crippen LogP contribution >= 0.6 is 0 Å². The summed E-state index contributed by atoms with van der Waals surface area (Å²) in [5, 5.41) is 13.7. The lowest BCUT2D eigenvalue weighted by atomic mass is 9.96. The summed E-state index contributed by atoms with van der Waals surface area (Å²) in [6.07, 6.45) is 4.98. The number of amides is 1. The van der Waals surface area contributed by atoms with Crippen LogP contribution < -0.4 is 5.32 Å². The third kappa shape index (κ3) is 7.33. The van der Waals surface area contributed by atoms with Crippen molar-refractivity contribution >= 4 is 6.09 Å². The molecule has 0 saturated carbocycles. The topological polar surface area (TPSA) is 71.5 Å². The number of pyridine rings is 1. The van der Waals surface area contributed by atoms with Gasteiger partial charge < -0.3 is 15.2 Å². The van der Waals surface area contributed by atoms with Gasteiger partial charge in [-0.1, -0.05) is 66.7 Å². The van der Waals surface area contributed by atoms with Crippen molar-refractivity contribution in [3.05, 3.63) is 102 Å². The molecule has 2 unspecified atom stereocenters. The summed E-state index contributed by atoms with van der Waals surface area (Å²) >= 11 is 0. The second-order valence-electron chi connectivity index (χ2n) is 7.32. The molecule has 0 saturated heterocycles. The molecule has 5 nitrogen and oxygen atoms in total. The second kappa shape index (κ2) is 11.7. The first-order chi connectivity index (χ1) is 14.7. The van der Waals surface area contributed by atoms with Crippen molar-refractivity contribution in [1.82, 2.24) is 10.3 Å². The molecular weight excluding hydrogens is 376 g/mol. The van der Waals surface area contributed by atoms with Gasteiger partial charge in [-0.3, -0.25) is 4.98 Å². The zero-order valence-corrected chi connectivity index (χ0v) is 17.0. The van der Waals surface area contributed by atoms with Gasteiger partial charge in [-0.25, -0.2) is 4.79 Å². The Labute approximate surface area is 177 Å². The van der Waals surface area contributed by atoms with Crippen LogP contribution in [0.2, 0.25) is 0 Å². The Bertz CT molecular complexity index is 873. The van der Waals surface area contributed by atoms with E-state index in [9.17, 15) is 9.90 Å². The highest BCUT2D eigenvalue weighted by Crippen LogP contribution is 2.13. The van der Waals surface area contributed by atoms with E-state index in [4.69, 9.17) is 4.74 Å². The number of hydrogen-bond donors (Lipinski definition) is 2. The van der Waals surface area contributed by atoms with Gasteiger partial charge in [0.1, 0.15) is 6.61 Å². The van der Waals surface area contributed by atoms with Crippen LogP contribution in [0.1, 0.15) is 29.5 Å². The van der Waals surface area contributed by atoms with Gasteiger partial charge in [0.05, 0.1) is 12.1 Å². The molecule has 1 amide bonds. The fourth-order valence-electron chi connectivity index (χ4n) is 3.34. The number of aliphatic hydroxyl groups is 1. The molecular formula is C25H28N2O3. The number of nitrogens with zero attached hydrogens (tertiary/aromatic N) is 1. The van der Waals surface area contributed by atoms with Crippen LogP contribution in [-0.4, -0.2) is 28.3 Å². The smallest absolute Gasteiger partial charge is 0.407 e. The highest BCUT2D eigenvalue weighted by Gasteiger charge is 2.22. The molecule has 1 heterocycles. The lowest BCUT2D eigenvalue weighted by Crippen LogP contribution is -2.45. The van der Waals surface area contributed by atoms with Crippen LogP contribution in [0.15, 0.2) is 85.2 Å². The van der Waals surface area contributed by atoms with Gasteiger partial charge in [0.2, 0.25) is 0 Å². The van der Waals surface area contributed by atoms with E-state index >= 15 is 0 Å². The van der Waals surface area contributed by atoms with Crippen LogP contribution in [0.5, 0.6) is 0 Å². The summed E-state index contributed by atoms with van der Waals surface area (Å²) in [5.74, 6) is 0. The van der Waals surface area contributed by atoms with Gasteiger partial charge in [-0.2, -0.15) is 0 Å². The average Bonchev–Trinajstić information content (AvgIpc) is 2.79. The Morgan fingerprint density at radius 2 is 1.60 bits per heavy atom. The number of aryl methyl sites for hydroxylation is 1. The van der Waals surface area contributed by atoms with E-state index in [1.54, 1.807) is 18.5 Å². The van der Waals surface area contributed by atoms with Crippen molar-refractivity contribution in [3.63, 3.8) is 0 Å². The first-order valence-electron chi connectivity index (χ1n) is 10.3. The number of benzene rings is 2. The number of carbonyl (C=O) groups excluding carboxylic acids is 1. The van der Waals surface area contributed by atoms with Gasteiger partial charge in [0.15, 0.2) is 0 Å². The highest BCUT2D eigenvalue weighted by molar-refractivity contribution is 5.67. The SMILES string of the molecule is O=C(NC(Cc1ccccc1)C(O)CCCc1ccccc1)OCc1cccnc1. The predicted octanol–water partition coefficient (Wildman–Crippen LogP) is 4.30. The van der Waals surface area contributed by atoms with Crippen molar-refractivity contribution in [1.29, 1.82) is 0 Å². The summed E-state index contributed by atoms with van der Waals surface area (Å²) < 4.78 is 5.32. The fourth-order valence-corrected chi connectivity index (χ4v) is 3.34. The van der Waals surface area contributed by atoms with E-state index in [-0.39, 0.29) is 6.61 Å². The minimum Gasteiger partial charge on any atom is -0.445 e. The highest BCUT2D eigenvalue weighted by atomic mass is 16.5. The number of nitrogens with one attached hydrogen (secondary N) is 1. The lowest BCUT2D eigenvalue weighted by molar-refractivity contribution is 0.0952. The van der Waals surface area contributed by atoms with Crippen molar-refractivity contribution in [2.24, 2.45) is 0 Å². The number of aromatic nitrogens is 1. The third-order valence-corrected chi connectivity index (χ3v) is 4.97. The van der Waals surface area contributed by atoms with E-state index in [0.717, 1.165) is 24.0 Å². The number of rotatable bonds is 10. The van der Waals surface area contributed by atoms with E-state index in [1.807, 2.05) is 54.6 Å². The summed E-state index contributed by atoms with van der Waals surface area (Å²) in [5.41, 5.74) is 3.11. The molecule has 2 atom stereocenters. The van der Waals surface area contributed by atoms with Gasteiger partial charge >= 0.3 is 6.09 Å². The molecule has 2 aromatic carbocycles. The fraction of sp³-hybridized carbons (Fsp3) is 0.280. The zero-order chi connectivity index (χ0) is 21.0. The Morgan fingerprint density at radius 3 is 2.27 bits per heavy atom. The number of alkyl carbamates (subject to hydrolysis) is 1. The Hall–Kier alpha value is -3.18. The Kier molecular flexibility index (Phi) is 8.42. The maximum atomic E-state index is 12.4. The van der Waals surface area contributed by atoms with Crippen LogP contribution in [0.25, 0.3) is 0 Å².